The molecule has 1 amide bonds. The Balaban J connectivity index is 1.14. The fourth-order valence-electron chi connectivity index (χ4n) is 15.6. The van der Waals surface area contributed by atoms with Crippen molar-refractivity contribution in [1.82, 2.24) is 15.5 Å². The first-order valence-corrected chi connectivity index (χ1v) is 22.4. The minimum absolute atomic E-state index is 0.00509. The molecule has 0 radical (unpaired) electrons. The fraction of sp³-hybridized carbons (Fsp3) is 0.913. The number of nitrogens with one attached hydrogen (secondary N) is 2. The molecule has 7 aliphatic rings. The summed E-state index contributed by atoms with van der Waals surface area (Å²) in [6, 6.07) is 0.316. The molecule has 2 N–H and O–H groups in total. The van der Waals surface area contributed by atoms with Crippen LogP contribution in [0.25, 0.3) is 0 Å². The van der Waals surface area contributed by atoms with Gasteiger partial charge in [-0.2, -0.15) is 0 Å². The molecule has 1 aliphatic heterocycles. The van der Waals surface area contributed by atoms with Crippen molar-refractivity contribution in [3.05, 3.63) is 12.2 Å². The second kappa shape index (κ2) is 15.1. The summed E-state index contributed by atoms with van der Waals surface area (Å²) in [7, 11) is 0. The van der Waals surface area contributed by atoms with Crippen molar-refractivity contribution in [1.29, 1.82) is 0 Å². The second-order valence-electron chi connectivity index (χ2n) is 20.9. The lowest BCUT2D eigenvalue weighted by Crippen LogP contribution is -2.73. The molecule has 300 valence electrons. The van der Waals surface area contributed by atoms with Crippen LogP contribution in [0.5, 0.6) is 0 Å². The molecule has 7 nitrogen and oxygen atoms in total. The number of nitrogens with zero attached hydrogens (tertiary/aromatic N) is 1. The van der Waals surface area contributed by atoms with Gasteiger partial charge in [0.15, 0.2) is 0 Å². The number of esters is 1. The third-order valence-corrected chi connectivity index (χ3v) is 17.8. The normalized spacial score (nSPS) is 46.0. The van der Waals surface area contributed by atoms with Gasteiger partial charge in [-0.3, -0.25) is 14.5 Å². The summed E-state index contributed by atoms with van der Waals surface area (Å²) < 4.78 is 11.8. The SMILES string of the molecule is C=C(C)CNC12CCC3C4(C)CCC(OC(C)=O)C(C)(CC(C)CC)C4CCC3(C)C1CCC1(C(=O)NC3CCC(CN4CCOCC4)C3)CCCC12. The molecular weight excluding hydrogens is 659 g/mol. The molecule has 0 bridgehead atoms. The van der Waals surface area contributed by atoms with Crippen LogP contribution in [0, 0.1) is 57.2 Å². The van der Waals surface area contributed by atoms with Crippen LogP contribution < -0.4 is 10.6 Å². The van der Waals surface area contributed by atoms with Crippen LogP contribution in [-0.4, -0.2) is 73.9 Å². The van der Waals surface area contributed by atoms with Crippen LogP contribution in [0.1, 0.15) is 151 Å². The van der Waals surface area contributed by atoms with E-state index in [0.29, 0.717) is 47.5 Å². The maximum absolute atomic E-state index is 14.9. The van der Waals surface area contributed by atoms with E-state index in [9.17, 15) is 9.59 Å². The van der Waals surface area contributed by atoms with Gasteiger partial charge in [-0.1, -0.05) is 59.6 Å². The lowest BCUT2D eigenvalue weighted by Gasteiger charge is -2.72. The molecule has 6 aliphatic carbocycles. The molecule has 1 heterocycles. The first-order chi connectivity index (χ1) is 25.2. The molecule has 0 spiro atoms. The van der Waals surface area contributed by atoms with E-state index in [-0.39, 0.29) is 39.3 Å². The topological polar surface area (TPSA) is 79.9 Å². The van der Waals surface area contributed by atoms with E-state index in [0.717, 1.165) is 110 Å². The Morgan fingerprint density at radius 3 is 2.28 bits per heavy atom. The zero-order chi connectivity index (χ0) is 37.8. The highest BCUT2D eigenvalue weighted by atomic mass is 16.5. The third kappa shape index (κ3) is 6.89. The Morgan fingerprint density at radius 1 is 0.868 bits per heavy atom. The van der Waals surface area contributed by atoms with E-state index >= 15 is 0 Å². The van der Waals surface area contributed by atoms with Crippen molar-refractivity contribution in [3.63, 3.8) is 0 Å². The minimum atomic E-state index is -0.262. The number of hydrogen-bond donors (Lipinski definition) is 2. The van der Waals surface area contributed by atoms with Crippen molar-refractivity contribution in [3.8, 4) is 0 Å². The zero-order valence-corrected chi connectivity index (χ0v) is 35.0. The number of fused-ring (bicyclic) bond motifs is 7. The van der Waals surface area contributed by atoms with Gasteiger partial charge in [-0.05, 0) is 143 Å². The summed E-state index contributed by atoms with van der Waals surface area (Å²) in [4.78, 5) is 29.9. The Kier molecular flexibility index (Phi) is 11.4. The van der Waals surface area contributed by atoms with Gasteiger partial charge in [0.05, 0.1) is 18.6 Å². The summed E-state index contributed by atoms with van der Waals surface area (Å²) in [5.41, 5.74) is 1.32. The first kappa shape index (κ1) is 39.8. The van der Waals surface area contributed by atoms with Gasteiger partial charge in [-0.25, -0.2) is 0 Å². The van der Waals surface area contributed by atoms with Crippen LogP contribution in [-0.2, 0) is 19.1 Å². The summed E-state index contributed by atoms with van der Waals surface area (Å²) >= 11 is 0. The minimum Gasteiger partial charge on any atom is -0.462 e. The van der Waals surface area contributed by atoms with Gasteiger partial charge < -0.3 is 20.1 Å². The van der Waals surface area contributed by atoms with E-state index in [4.69, 9.17) is 9.47 Å². The molecule has 7 fully saturated rings. The van der Waals surface area contributed by atoms with Crippen molar-refractivity contribution in [2.45, 2.75) is 169 Å². The second-order valence-corrected chi connectivity index (χ2v) is 20.9. The molecule has 7 heteroatoms. The smallest absolute Gasteiger partial charge is 0.302 e. The van der Waals surface area contributed by atoms with Crippen molar-refractivity contribution in [2.75, 3.05) is 39.4 Å². The van der Waals surface area contributed by atoms with Crippen LogP contribution in [0.2, 0.25) is 0 Å². The first-order valence-electron chi connectivity index (χ1n) is 22.4. The highest BCUT2D eigenvalue weighted by Gasteiger charge is 2.72. The monoisotopic (exact) mass is 736 g/mol. The van der Waals surface area contributed by atoms with E-state index in [1.54, 1.807) is 6.92 Å². The molecule has 53 heavy (non-hydrogen) atoms. The lowest BCUT2D eigenvalue weighted by molar-refractivity contribution is -0.234. The maximum atomic E-state index is 14.9. The van der Waals surface area contributed by atoms with E-state index in [1.807, 2.05) is 0 Å². The van der Waals surface area contributed by atoms with Crippen LogP contribution in [0.3, 0.4) is 0 Å². The summed E-state index contributed by atoms with van der Waals surface area (Å²) in [5, 5.41) is 8.05. The standard InChI is InChI=1S/C46H77N3O4/c1-9-32(4)28-44(8)37-14-19-43(7)36(42(37,6)20-17-40(44)53-33(5)50)16-22-46(47-29-31(2)3)38(43)15-21-45(18-10-11-39(45)46)41(51)48-35-13-12-34(27-35)30-49-23-25-52-26-24-49/h32,34-40,47H,2,9-30H2,1,3-8H3,(H,48,51). The number of carbonyl (C=O) groups is 2. The highest BCUT2D eigenvalue weighted by Crippen LogP contribution is 2.74. The molecule has 0 aromatic heterocycles. The molecule has 1 saturated heterocycles. The number of rotatable bonds is 11. The average Bonchev–Trinajstić information content (AvgIpc) is 3.77. The number of hydrogen-bond acceptors (Lipinski definition) is 6. The Labute approximate surface area is 323 Å². The molecule has 13 atom stereocenters. The maximum Gasteiger partial charge on any atom is 0.302 e. The lowest BCUT2D eigenvalue weighted by atomic mass is 9.34. The molecule has 7 rings (SSSR count). The van der Waals surface area contributed by atoms with Gasteiger partial charge in [-0.15, -0.1) is 0 Å². The van der Waals surface area contributed by atoms with Crippen molar-refractivity contribution in [2.24, 2.45) is 57.2 Å². The molecule has 0 aromatic carbocycles. The number of amides is 1. The fourth-order valence-corrected chi connectivity index (χ4v) is 15.6. The Hall–Kier alpha value is -1.44. The van der Waals surface area contributed by atoms with Crippen molar-refractivity contribution < 1.29 is 19.1 Å². The average molecular weight is 736 g/mol. The van der Waals surface area contributed by atoms with Crippen LogP contribution >= 0.6 is 0 Å². The quantitative estimate of drug-likeness (QED) is 0.163. The van der Waals surface area contributed by atoms with Crippen LogP contribution in [0.4, 0.5) is 0 Å². The van der Waals surface area contributed by atoms with Gasteiger partial charge in [0, 0.05) is 50.1 Å². The summed E-state index contributed by atoms with van der Waals surface area (Å²) in [6.07, 6.45) is 18.3. The van der Waals surface area contributed by atoms with E-state index in [2.05, 4.69) is 63.7 Å². The summed E-state index contributed by atoms with van der Waals surface area (Å²) in [6.45, 7) is 26.5. The van der Waals surface area contributed by atoms with E-state index in [1.165, 1.54) is 37.7 Å². The van der Waals surface area contributed by atoms with Gasteiger partial charge in [0.25, 0.3) is 0 Å². The number of carbonyl (C=O) groups excluding carboxylic acids is 2. The number of ether oxygens (including phenoxy) is 2. The van der Waals surface area contributed by atoms with E-state index < -0.39 is 0 Å². The predicted octanol–water partition coefficient (Wildman–Crippen LogP) is 8.71. The molecule has 0 aromatic rings. The predicted molar refractivity (Wildman–Crippen MR) is 213 cm³/mol. The Bertz CT molecular complexity index is 1360. The molecular formula is C46H77N3O4. The molecule has 6 saturated carbocycles. The van der Waals surface area contributed by atoms with Gasteiger partial charge in [0.1, 0.15) is 6.10 Å². The Morgan fingerprint density at radius 2 is 1.57 bits per heavy atom. The largest absolute Gasteiger partial charge is 0.462 e. The zero-order valence-electron chi connectivity index (χ0n) is 35.0. The highest BCUT2D eigenvalue weighted by molar-refractivity contribution is 5.84. The summed E-state index contributed by atoms with van der Waals surface area (Å²) in [5.74, 6) is 3.67. The van der Waals surface area contributed by atoms with Gasteiger partial charge in [0.2, 0.25) is 5.91 Å². The van der Waals surface area contributed by atoms with Crippen molar-refractivity contribution >= 4 is 11.9 Å². The number of morpholine rings is 1. The third-order valence-electron chi connectivity index (χ3n) is 17.8. The van der Waals surface area contributed by atoms with Gasteiger partial charge >= 0.3 is 5.97 Å². The molecule has 13 unspecified atom stereocenters. The van der Waals surface area contributed by atoms with Crippen LogP contribution in [0.15, 0.2) is 12.2 Å².